The van der Waals surface area contributed by atoms with Crippen LogP contribution in [0.3, 0.4) is 0 Å². The summed E-state index contributed by atoms with van der Waals surface area (Å²) in [6.07, 6.45) is 2.37. The van der Waals surface area contributed by atoms with Crippen LogP contribution in [0.15, 0.2) is 24.3 Å². The number of rotatable bonds is 4. The lowest BCUT2D eigenvalue weighted by Gasteiger charge is -2.11. The molecular formula is C12H15NO3. The van der Waals surface area contributed by atoms with Crippen molar-refractivity contribution < 1.29 is 14.3 Å². The SMILES string of the molecule is NC(=O)c1ccc(OC[C@@H]2CCCO2)cc1. The van der Waals surface area contributed by atoms with Crippen LogP contribution in [0.1, 0.15) is 23.2 Å². The van der Waals surface area contributed by atoms with E-state index in [1.54, 1.807) is 24.3 Å². The minimum Gasteiger partial charge on any atom is -0.491 e. The molecular weight excluding hydrogens is 206 g/mol. The maximum atomic E-state index is 10.8. The fraction of sp³-hybridized carbons (Fsp3) is 0.417. The van der Waals surface area contributed by atoms with Gasteiger partial charge in [-0.1, -0.05) is 0 Å². The molecule has 0 radical (unpaired) electrons. The Kier molecular flexibility index (Phi) is 3.41. The van der Waals surface area contributed by atoms with E-state index in [4.69, 9.17) is 15.2 Å². The standard InChI is InChI=1S/C12H15NO3/c13-12(14)9-3-5-10(6-4-9)16-8-11-2-1-7-15-11/h3-6,11H,1-2,7-8H2,(H2,13,14)/t11-/m0/s1. The van der Waals surface area contributed by atoms with E-state index in [2.05, 4.69) is 0 Å². The highest BCUT2D eigenvalue weighted by Crippen LogP contribution is 2.16. The maximum absolute atomic E-state index is 10.8. The molecule has 0 spiro atoms. The quantitative estimate of drug-likeness (QED) is 0.834. The Balaban J connectivity index is 1.87. The Bertz CT molecular complexity index is 355. The molecule has 1 aromatic carbocycles. The van der Waals surface area contributed by atoms with Gasteiger partial charge in [0.2, 0.25) is 5.91 Å². The largest absolute Gasteiger partial charge is 0.491 e. The highest BCUT2D eigenvalue weighted by atomic mass is 16.5. The van der Waals surface area contributed by atoms with E-state index in [1.807, 2.05) is 0 Å². The van der Waals surface area contributed by atoms with Crippen molar-refractivity contribution in [2.45, 2.75) is 18.9 Å². The second-order valence-corrected chi connectivity index (χ2v) is 3.83. The van der Waals surface area contributed by atoms with Gasteiger partial charge in [0.1, 0.15) is 12.4 Å². The van der Waals surface area contributed by atoms with Crippen molar-refractivity contribution in [2.24, 2.45) is 5.73 Å². The van der Waals surface area contributed by atoms with E-state index in [1.165, 1.54) is 0 Å². The van der Waals surface area contributed by atoms with E-state index in [0.29, 0.717) is 12.2 Å². The number of hydrogen-bond acceptors (Lipinski definition) is 3. The van der Waals surface area contributed by atoms with E-state index in [0.717, 1.165) is 25.2 Å². The molecule has 0 aromatic heterocycles. The minimum absolute atomic E-state index is 0.204. The third-order valence-electron chi connectivity index (χ3n) is 2.60. The number of carbonyl (C=O) groups is 1. The van der Waals surface area contributed by atoms with Crippen LogP contribution in [0.4, 0.5) is 0 Å². The Morgan fingerprint density at radius 1 is 1.44 bits per heavy atom. The predicted molar refractivity (Wildman–Crippen MR) is 59.4 cm³/mol. The molecule has 86 valence electrons. The third-order valence-corrected chi connectivity index (χ3v) is 2.60. The van der Waals surface area contributed by atoms with Crippen LogP contribution in [-0.4, -0.2) is 25.2 Å². The Morgan fingerprint density at radius 3 is 2.75 bits per heavy atom. The molecule has 2 rings (SSSR count). The number of ether oxygens (including phenoxy) is 2. The molecule has 0 unspecified atom stereocenters. The van der Waals surface area contributed by atoms with Crippen molar-refractivity contribution in [1.29, 1.82) is 0 Å². The van der Waals surface area contributed by atoms with Crippen molar-refractivity contribution in [3.05, 3.63) is 29.8 Å². The fourth-order valence-electron chi connectivity index (χ4n) is 1.68. The van der Waals surface area contributed by atoms with Crippen LogP contribution in [0.5, 0.6) is 5.75 Å². The number of hydrogen-bond donors (Lipinski definition) is 1. The van der Waals surface area contributed by atoms with Gasteiger partial charge in [0.25, 0.3) is 0 Å². The zero-order valence-corrected chi connectivity index (χ0v) is 9.02. The second-order valence-electron chi connectivity index (χ2n) is 3.83. The summed E-state index contributed by atoms with van der Waals surface area (Å²) in [6, 6.07) is 6.81. The molecule has 1 atom stereocenters. The zero-order chi connectivity index (χ0) is 11.4. The van der Waals surface area contributed by atoms with Crippen LogP contribution < -0.4 is 10.5 Å². The summed E-state index contributed by atoms with van der Waals surface area (Å²) in [5.41, 5.74) is 5.63. The van der Waals surface area contributed by atoms with Crippen LogP contribution in [0.25, 0.3) is 0 Å². The van der Waals surface area contributed by atoms with Gasteiger partial charge in [0, 0.05) is 12.2 Å². The highest BCUT2D eigenvalue weighted by Gasteiger charge is 2.15. The first-order chi connectivity index (χ1) is 7.75. The zero-order valence-electron chi connectivity index (χ0n) is 9.02. The molecule has 4 nitrogen and oxygen atoms in total. The van der Waals surface area contributed by atoms with Crippen molar-refractivity contribution in [3.63, 3.8) is 0 Å². The van der Waals surface area contributed by atoms with Crippen molar-refractivity contribution in [3.8, 4) is 5.75 Å². The first kappa shape index (κ1) is 11.0. The van der Waals surface area contributed by atoms with Gasteiger partial charge in [0.05, 0.1) is 6.10 Å². The lowest BCUT2D eigenvalue weighted by molar-refractivity contribution is 0.0679. The van der Waals surface area contributed by atoms with Gasteiger partial charge < -0.3 is 15.2 Å². The highest BCUT2D eigenvalue weighted by molar-refractivity contribution is 5.92. The number of carbonyl (C=O) groups excluding carboxylic acids is 1. The number of amides is 1. The number of nitrogens with two attached hydrogens (primary N) is 1. The molecule has 1 aliphatic heterocycles. The van der Waals surface area contributed by atoms with Crippen LogP contribution in [-0.2, 0) is 4.74 Å². The lowest BCUT2D eigenvalue weighted by Crippen LogP contribution is -2.16. The monoisotopic (exact) mass is 221 g/mol. The van der Waals surface area contributed by atoms with E-state index in [9.17, 15) is 4.79 Å². The number of benzene rings is 1. The van der Waals surface area contributed by atoms with Gasteiger partial charge in [-0.05, 0) is 37.1 Å². The van der Waals surface area contributed by atoms with Gasteiger partial charge >= 0.3 is 0 Å². The van der Waals surface area contributed by atoms with E-state index in [-0.39, 0.29) is 6.10 Å². The predicted octanol–water partition coefficient (Wildman–Crippen LogP) is 1.34. The van der Waals surface area contributed by atoms with Crippen LogP contribution in [0.2, 0.25) is 0 Å². The van der Waals surface area contributed by atoms with Gasteiger partial charge in [-0.2, -0.15) is 0 Å². The van der Waals surface area contributed by atoms with E-state index >= 15 is 0 Å². The maximum Gasteiger partial charge on any atom is 0.248 e. The molecule has 1 heterocycles. The first-order valence-corrected chi connectivity index (χ1v) is 5.40. The Labute approximate surface area is 94.3 Å². The molecule has 2 N–H and O–H groups in total. The summed E-state index contributed by atoms with van der Waals surface area (Å²) in [7, 11) is 0. The average molecular weight is 221 g/mol. The molecule has 1 amide bonds. The number of primary amides is 1. The smallest absolute Gasteiger partial charge is 0.248 e. The average Bonchev–Trinajstić information content (AvgIpc) is 2.80. The topological polar surface area (TPSA) is 61.6 Å². The summed E-state index contributed by atoms with van der Waals surface area (Å²) >= 11 is 0. The summed E-state index contributed by atoms with van der Waals surface area (Å²) in [5, 5.41) is 0. The molecule has 1 fully saturated rings. The van der Waals surface area contributed by atoms with Gasteiger partial charge in [0.15, 0.2) is 0 Å². The van der Waals surface area contributed by atoms with E-state index < -0.39 is 5.91 Å². The molecule has 0 bridgehead atoms. The second kappa shape index (κ2) is 4.99. The summed E-state index contributed by atoms with van der Waals surface area (Å²) in [5.74, 6) is 0.311. The molecule has 0 aliphatic carbocycles. The Hall–Kier alpha value is -1.55. The molecule has 4 heteroatoms. The summed E-state index contributed by atoms with van der Waals surface area (Å²) < 4.78 is 11.0. The van der Waals surface area contributed by atoms with Gasteiger partial charge in [-0.15, -0.1) is 0 Å². The third kappa shape index (κ3) is 2.73. The van der Waals surface area contributed by atoms with Gasteiger partial charge in [-0.3, -0.25) is 4.79 Å². The van der Waals surface area contributed by atoms with Gasteiger partial charge in [-0.25, -0.2) is 0 Å². The van der Waals surface area contributed by atoms with Crippen molar-refractivity contribution >= 4 is 5.91 Å². The lowest BCUT2D eigenvalue weighted by atomic mass is 10.2. The minimum atomic E-state index is -0.425. The molecule has 1 aliphatic rings. The fourth-order valence-corrected chi connectivity index (χ4v) is 1.68. The molecule has 0 saturated carbocycles. The summed E-state index contributed by atoms with van der Waals surface area (Å²) in [6.45, 7) is 1.39. The molecule has 16 heavy (non-hydrogen) atoms. The van der Waals surface area contributed by atoms with Crippen LogP contribution >= 0.6 is 0 Å². The normalized spacial score (nSPS) is 19.6. The Morgan fingerprint density at radius 2 is 2.19 bits per heavy atom. The van der Waals surface area contributed by atoms with Crippen molar-refractivity contribution in [2.75, 3.05) is 13.2 Å². The molecule has 1 saturated heterocycles. The first-order valence-electron chi connectivity index (χ1n) is 5.40. The van der Waals surface area contributed by atoms with Crippen LogP contribution in [0, 0.1) is 0 Å². The van der Waals surface area contributed by atoms with Crippen molar-refractivity contribution in [1.82, 2.24) is 0 Å². The molecule has 1 aromatic rings. The summed E-state index contributed by atoms with van der Waals surface area (Å²) in [4.78, 5) is 10.8.